The van der Waals surface area contributed by atoms with Crippen LogP contribution in [0.4, 0.5) is 5.69 Å². The molecule has 5 nitrogen and oxygen atoms in total. The molecule has 2 aromatic rings. The van der Waals surface area contributed by atoms with Crippen molar-refractivity contribution in [1.82, 2.24) is 5.32 Å². The highest BCUT2D eigenvalue weighted by molar-refractivity contribution is 7.92. The number of nitrogens with one attached hydrogen (secondary N) is 1. The molecule has 0 aliphatic rings. The number of benzene rings is 2. The molecule has 0 aromatic heterocycles. The van der Waals surface area contributed by atoms with Crippen molar-refractivity contribution in [3.63, 3.8) is 0 Å². The molecule has 1 amide bonds. The van der Waals surface area contributed by atoms with Crippen LogP contribution in [0, 0.1) is 20.8 Å². The lowest BCUT2D eigenvalue weighted by molar-refractivity contribution is -0.122. The highest BCUT2D eigenvalue weighted by atomic mass is 35.5. The summed E-state index contributed by atoms with van der Waals surface area (Å²) in [4.78, 5) is 13.0. The summed E-state index contributed by atoms with van der Waals surface area (Å²) < 4.78 is 26.2. The number of hydrogen-bond acceptors (Lipinski definition) is 3. The average Bonchev–Trinajstić information content (AvgIpc) is 2.63. The molecule has 0 unspecified atom stereocenters. The molecular formula is C22H29ClN2O3S. The summed E-state index contributed by atoms with van der Waals surface area (Å²) in [5.74, 6) is -0.361. The number of nitrogens with zero attached hydrogens (tertiary/aromatic N) is 1. The summed E-state index contributed by atoms with van der Waals surface area (Å²) in [6, 6.07) is 9.96. The largest absolute Gasteiger partial charge is 0.347 e. The Labute approximate surface area is 179 Å². The molecule has 0 heterocycles. The van der Waals surface area contributed by atoms with Crippen molar-refractivity contribution < 1.29 is 13.2 Å². The maximum absolute atomic E-state index is 13.0. The summed E-state index contributed by atoms with van der Waals surface area (Å²) in [7, 11) is -3.71. The molecular weight excluding hydrogens is 408 g/mol. The van der Waals surface area contributed by atoms with Gasteiger partial charge in [-0.15, -0.1) is 0 Å². The predicted molar refractivity (Wildman–Crippen MR) is 120 cm³/mol. The van der Waals surface area contributed by atoms with Crippen molar-refractivity contribution >= 4 is 33.2 Å². The molecule has 1 N–H and O–H groups in total. The van der Waals surface area contributed by atoms with Crippen LogP contribution in [0.3, 0.4) is 0 Å². The first-order valence-electron chi connectivity index (χ1n) is 9.58. The zero-order valence-corrected chi connectivity index (χ0v) is 19.4. The number of carbonyl (C=O) groups is 1. The predicted octanol–water partition coefficient (Wildman–Crippen LogP) is 4.69. The van der Waals surface area contributed by atoms with Crippen molar-refractivity contribution in [1.29, 1.82) is 0 Å². The van der Waals surface area contributed by atoms with Crippen LogP contribution in [0.15, 0.2) is 36.4 Å². The molecule has 0 aliphatic heterocycles. The van der Waals surface area contributed by atoms with Gasteiger partial charge in [0, 0.05) is 5.02 Å². The van der Waals surface area contributed by atoms with E-state index in [9.17, 15) is 13.2 Å². The molecule has 0 saturated carbocycles. The minimum atomic E-state index is -3.71. The Morgan fingerprint density at radius 1 is 1.07 bits per heavy atom. The Morgan fingerprint density at radius 3 is 2.24 bits per heavy atom. The van der Waals surface area contributed by atoms with E-state index in [1.807, 2.05) is 32.9 Å². The number of hydrogen-bond donors (Lipinski definition) is 1. The van der Waals surface area contributed by atoms with Crippen LogP contribution >= 0.6 is 11.6 Å². The summed E-state index contributed by atoms with van der Waals surface area (Å²) >= 11 is 6.09. The standard InChI is InChI=1S/C22H29ClN2O3S/c1-7-20(18-10-8-14(2)16(4)12-18)24-22(26)17(5)25(29(6,27)28)21-13-19(23)11-9-15(21)3/h8-13,17,20H,7H2,1-6H3,(H,24,26)/t17-,20-/m1/s1. The van der Waals surface area contributed by atoms with Crippen LogP contribution in [0.5, 0.6) is 0 Å². The molecule has 2 atom stereocenters. The average molecular weight is 437 g/mol. The van der Waals surface area contributed by atoms with E-state index >= 15 is 0 Å². The Balaban J connectivity index is 2.35. The van der Waals surface area contributed by atoms with Crippen molar-refractivity contribution in [2.24, 2.45) is 0 Å². The third-order valence-electron chi connectivity index (χ3n) is 5.16. The summed E-state index contributed by atoms with van der Waals surface area (Å²) in [6.07, 6.45) is 1.79. The fourth-order valence-corrected chi connectivity index (χ4v) is 4.69. The van der Waals surface area contributed by atoms with E-state index in [1.165, 1.54) is 5.56 Å². The highest BCUT2D eigenvalue weighted by Gasteiger charge is 2.31. The van der Waals surface area contributed by atoms with E-state index in [0.29, 0.717) is 17.1 Å². The molecule has 0 bridgehead atoms. The van der Waals surface area contributed by atoms with Crippen LogP contribution < -0.4 is 9.62 Å². The molecule has 7 heteroatoms. The quantitative estimate of drug-likeness (QED) is 0.684. The number of rotatable bonds is 7. The van der Waals surface area contributed by atoms with Crippen LogP contribution in [-0.2, 0) is 14.8 Å². The number of sulfonamides is 1. The second-order valence-electron chi connectivity index (χ2n) is 7.48. The van der Waals surface area contributed by atoms with Gasteiger partial charge in [-0.1, -0.05) is 42.8 Å². The Morgan fingerprint density at radius 2 is 1.69 bits per heavy atom. The fourth-order valence-electron chi connectivity index (χ4n) is 3.30. The number of amides is 1. The smallest absolute Gasteiger partial charge is 0.244 e. The van der Waals surface area contributed by atoms with E-state index in [2.05, 4.69) is 11.4 Å². The van der Waals surface area contributed by atoms with Gasteiger partial charge in [0.25, 0.3) is 0 Å². The van der Waals surface area contributed by atoms with E-state index in [1.54, 1.807) is 32.0 Å². The molecule has 0 aliphatic carbocycles. The summed E-state index contributed by atoms with van der Waals surface area (Å²) in [6.45, 7) is 9.43. The lowest BCUT2D eigenvalue weighted by Gasteiger charge is -2.31. The molecule has 0 saturated heterocycles. The van der Waals surface area contributed by atoms with Gasteiger partial charge in [-0.2, -0.15) is 0 Å². The first kappa shape index (κ1) is 23.2. The normalized spacial score (nSPS) is 13.6. The molecule has 2 rings (SSSR count). The lowest BCUT2D eigenvalue weighted by Crippen LogP contribution is -2.48. The maximum Gasteiger partial charge on any atom is 0.244 e. The third kappa shape index (κ3) is 5.52. The first-order valence-corrected chi connectivity index (χ1v) is 11.8. The van der Waals surface area contributed by atoms with Gasteiger partial charge < -0.3 is 5.32 Å². The molecule has 0 fully saturated rings. The van der Waals surface area contributed by atoms with E-state index in [0.717, 1.165) is 27.3 Å². The van der Waals surface area contributed by atoms with Gasteiger partial charge in [-0.3, -0.25) is 9.10 Å². The number of carbonyl (C=O) groups excluding carboxylic acids is 1. The SMILES string of the molecule is CC[C@@H](NC(=O)[C@@H](C)N(c1cc(Cl)ccc1C)S(C)(=O)=O)c1ccc(C)c(C)c1. The molecule has 2 aromatic carbocycles. The maximum atomic E-state index is 13.0. The van der Waals surface area contributed by atoms with E-state index in [-0.39, 0.29) is 11.9 Å². The number of aryl methyl sites for hydroxylation is 3. The van der Waals surface area contributed by atoms with Crippen LogP contribution in [0.2, 0.25) is 5.02 Å². The molecule has 29 heavy (non-hydrogen) atoms. The van der Waals surface area contributed by atoms with Gasteiger partial charge in [-0.25, -0.2) is 8.42 Å². The van der Waals surface area contributed by atoms with E-state index in [4.69, 9.17) is 11.6 Å². The molecule has 158 valence electrons. The second-order valence-corrected chi connectivity index (χ2v) is 9.77. The zero-order chi connectivity index (χ0) is 21.9. The van der Waals surface area contributed by atoms with Crippen LogP contribution in [0.1, 0.15) is 48.6 Å². The Bertz CT molecular complexity index is 1010. The van der Waals surface area contributed by atoms with Crippen molar-refractivity contribution in [2.45, 2.75) is 53.1 Å². The van der Waals surface area contributed by atoms with Crippen molar-refractivity contribution in [3.05, 3.63) is 63.7 Å². The van der Waals surface area contributed by atoms with Crippen molar-refractivity contribution in [3.8, 4) is 0 Å². The fraction of sp³-hybridized carbons (Fsp3) is 0.409. The van der Waals surface area contributed by atoms with Gasteiger partial charge in [-0.05, 0) is 68.5 Å². The number of anilines is 1. The van der Waals surface area contributed by atoms with Crippen molar-refractivity contribution in [2.75, 3.05) is 10.6 Å². The Kier molecular flexibility index (Phi) is 7.35. The van der Waals surface area contributed by atoms with Gasteiger partial charge in [0.1, 0.15) is 6.04 Å². The first-order chi connectivity index (χ1) is 13.5. The minimum Gasteiger partial charge on any atom is -0.347 e. The van der Waals surface area contributed by atoms with Gasteiger partial charge in [0.15, 0.2) is 0 Å². The van der Waals surface area contributed by atoms with Gasteiger partial charge in [0.2, 0.25) is 15.9 Å². The van der Waals surface area contributed by atoms with Crippen LogP contribution in [-0.4, -0.2) is 26.6 Å². The van der Waals surface area contributed by atoms with E-state index < -0.39 is 16.1 Å². The molecule has 0 spiro atoms. The second kappa shape index (κ2) is 9.18. The van der Waals surface area contributed by atoms with Crippen LogP contribution in [0.25, 0.3) is 0 Å². The number of halogens is 1. The topological polar surface area (TPSA) is 66.5 Å². The van der Waals surface area contributed by atoms with Gasteiger partial charge >= 0.3 is 0 Å². The molecule has 0 radical (unpaired) electrons. The zero-order valence-electron chi connectivity index (χ0n) is 17.8. The minimum absolute atomic E-state index is 0.203. The Hall–Kier alpha value is -2.05. The third-order valence-corrected chi connectivity index (χ3v) is 6.62. The summed E-state index contributed by atoms with van der Waals surface area (Å²) in [5.41, 5.74) is 4.46. The van der Waals surface area contributed by atoms with Gasteiger partial charge in [0.05, 0.1) is 18.0 Å². The summed E-state index contributed by atoms with van der Waals surface area (Å²) in [5, 5.41) is 3.42. The lowest BCUT2D eigenvalue weighted by atomic mass is 9.99. The monoisotopic (exact) mass is 436 g/mol. The highest BCUT2D eigenvalue weighted by Crippen LogP contribution is 2.29.